The zero-order valence-corrected chi connectivity index (χ0v) is 5.88. The SMILES string of the molecule is Cl.[Rh].c1c[nH]cn1. The second-order valence-electron chi connectivity index (χ2n) is 0.761. The van der Waals surface area contributed by atoms with Crippen molar-refractivity contribution in [3.8, 4) is 0 Å². The number of aromatic amines is 1. The number of nitrogens with zero attached hydrogens (tertiary/aromatic N) is 1. The van der Waals surface area contributed by atoms with E-state index in [0.29, 0.717) is 0 Å². The third-order valence-corrected chi connectivity index (χ3v) is 0.406. The number of aromatic nitrogens is 2. The fraction of sp³-hybridized carbons (Fsp3) is 0. The Hall–Kier alpha value is 0.123. The number of hydrogen-bond donors (Lipinski definition) is 1. The zero-order valence-electron chi connectivity index (χ0n) is 3.42. The summed E-state index contributed by atoms with van der Waals surface area (Å²) >= 11 is 0. The van der Waals surface area contributed by atoms with E-state index in [-0.39, 0.29) is 31.9 Å². The van der Waals surface area contributed by atoms with Crippen LogP contribution in [0.15, 0.2) is 18.7 Å². The van der Waals surface area contributed by atoms with Gasteiger partial charge >= 0.3 is 0 Å². The van der Waals surface area contributed by atoms with E-state index in [1.807, 2.05) is 0 Å². The molecule has 0 aliphatic carbocycles. The van der Waals surface area contributed by atoms with Crippen LogP contribution in [0.4, 0.5) is 0 Å². The summed E-state index contributed by atoms with van der Waals surface area (Å²) in [5, 5.41) is 0. The maximum Gasteiger partial charge on any atom is 0.0919 e. The topological polar surface area (TPSA) is 28.7 Å². The Balaban J connectivity index is 0. The molecule has 1 rings (SSSR count). The van der Waals surface area contributed by atoms with Gasteiger partial charge in [-0.2, -0.15) is 0 Å². The van der Waals surface area contributed by atoms with Crippen LogP contribution in [0.3, 0.4) is 0 Å². The fourth-order valence-corrected chi connectivity index (χ4v) is 0.215. The molecule has 0 unspecified atom stereocenters. The Morgan fingerprint density at radius 2 is 2.14 bits per heavy atom. The molecule has 0 aromatic carbocycles. The number of rotatable bonds is 0. The number of nitrogens with one attached hydrogen (secondary N) is 1. The molecule has 4 heteroatoms. The van der Waals surface area contributed by atoms with Crippen molar-refractivity contribution in [1.82, 2.24) is 9.97 Å². The van der Waals surface area contributed by atoms with Gasteiger partial charge in [0, 0.05) is 31.9 Å². The van der Waals surface area contributed by atoms with Gasteiger partial charge < -0.3 is 4.98 Å². The average molecular weight is 207 g/mol. The van der Waals surface area contributed by atoms with Gasteiger partial charge in [0.1, 0.15) is 0 Å². The summed E-state index contributed by atoms with van der Waals surface area (Å²) in [6.07, 6.45) is 5.08. The molecule has 43 valence electrons. The summed E-state index contributed by atoms with van der Waals surface area (Å²) in [5.41, 5.74) is 0. The molecule has 1 heterocycles. The minimum atomic E-state index is 0. The molecule has 2 nitrogen and oxygen atoms in total. The van der Waals surface area contributed by atoms with Gasteiger partial charge in [-0.15, -0.1) is 12.4 Å². The molecule has 0 amide bonds. The van der Waals surface area contributed by atoms with Crippen molar-refractivity contribution >= 4 is 12.4 Å². The van der Waals surface area contributed by atoms with Crippen molar-refractivity contribution < 1.29 is 19.5 Å². The largest absolute Gasteiger partial charge is 0.351 e. The summed E-state index contributed by atoms with van der Waals surface area (Å²) < 4.78 is 0. The Morgan fingerprint density at radius 1 is 1.43 bits per heavy atom. The molecule has 0 spiro atoms. The number of hydrogen-bond acceptors (Lipinski definition) is 1. The van der Waals surface area contributed by atoms with E-state index in [9.17, 15) is 0 Å². The predicted octanol–water partition coefficient (Wildman–Crippen LogP) is 0.829. The minimum absolute atomic E-state index is 0. The molecule has 1 aromatic heterocycles. The summed E-state index contributed by atoms with van der Waals surface area (Å²) in [5.74, 6) is 0. The van der Waals surface area contributed by atoms with Crippen LogP contribution in [-0.4, -0.2) is 9.97 Å². The van der Waals surface area contributed by atoms with E-state index in [0.717, 1.165) is 0 Å². The van der Waals surface area contributed by atoms with E-state index in [1.54, 1.807) is 18.7 Å². The maximum absolute atomic E-state index is 3.67. The molecule has 1 radical (unpaired) electrons. The normalized spacial score (nSPS) is 5.71. The molecule has 0 atom stereocenters. The van der Waals surface area contributed by atoms with Gasteiger partial charge in [-0.05, 0) is 0 Å². The third-order valence-electron chi connectivity index (χ3n) is 0.406. The van der Waals surface area contributed by atoms with Crippen molar-refractivity contribution in [2.45, 2.75) is 0 Å². The molecule has 1 N–H and O–H groups in total. The van der Waals surface area contributed by atoms with Crippen LogP contribution in [-0.2, 0) is 19.5 Å². The van der Waals surface area contributed by atoms with Crippen LogP contribution in [0.2, 0.25) is 0 Å². The van der Waals surface area contributed by atoms with E-state index < -0.39 is 0 Å². The van der Waals surface area contributed by atoms with Crippen molar-refractivity contribution in [1.29, 1.82) is 0 Å². The first-order valence-electron chi connectivity index (χ1n) is 1.43. The zero-order chi connectivity index (χ0) is 3.54. The molecule has 0 bridgehead atoms. The monoisotopic (exact) mass is 207 g/mol. The summed E-state index contributed by atoms with van der Waals surface area (Å²) in [6.45, 7) is 0. The number of halogens is 1. The Labute approximate surface area is 60.9 Å². The molecular formula is C3H5ClN2Rh. The predicted molar refractivity (Wildman–Crippen MR) is 25.8 cm³/mol. The first kappa shape index (κ1) is 10.2. The molecule has 7 heavy (non-hydrogen) atoms. The molecule has 0 saturated carbocycles. The smallest absolute Gasteiger partial charge is 0.0919 e. The first-order valence-corrected chi connectivity index (χ1v) is 1.43. The van der Waals surface area contributed by atoms with Crippen molar-refractivity contribution in [3.05, 3.63) is 18.7 Å². The van der Waals surface area contributed by atoms with Crippen LogP contribution in [0.5, 0.6) is 0 Å². The van der Waals surface area contributed by atoms with E-state index in [1.165, 1.54) is 0 Å². The van der Waals surface area contributed by atoms with Gasteiger partial charge in [0.25, 0.3) is 0 Å². The van der Waals surface area contributed by atoms with Gasteiger partial charge in [0.05, 0.1) is 6.33 Å². The van der Waals surface area contributed by atoms with E-state index in [2.05, 4.69) is 9.97 Å². The molecular weight excluding hydrogens is 202 g/mol. The fourth-order valence-electron chi connectivity index (χ4n) is 0.215. The molecule has 0 aliphatic rings. The van der Waals surface area contributed by atoms with Crippen molar-refractivity contribution in [2.75, 3.05) is 0 Å². The van der Waals surface area contributed by atoms with Crippen LogP contribution < -0.4 is 0 Å². The van der Waals surface area contributed by atoms with E-state index >= 15 is 0 Å². The maximum atomic E-state index is 3.67. The quantitative estimate of drug-likeness (QED) is 0.627. The van der Waals surface area contributed by atoms with Gasteiger partial charge in [-0.1, -0.05) is 0 Å². The first-order chi connectivity index (χ1) is 2.50. The Bertz CT molecular complexity index is 69.4. The van der Waals surface area contributed by atoms with Crippen LogP contribution >= 0.6 is 12.4 Å². The van der Waals surface area contributed by atoms with Crippen LogP contribution in [0.25, 0.3) is 0 Å². The Kier molecular flexibility index (Phi) is 8.90. The average Bonchev–Trinajstić information content (AvgIpc) is 1.76. The minimum Gasteiger partial charge on any atom is -0.351 e. The Morgan fingerprint density at radius 3 is 2.29 bits per heavy atom. The number of H-pyrrole nitrogens is 1. The summed E-state index contributed by atoms with van der Waals surface area (Å²) in [6, 6.07) is 0. The van der Waals surface area contributed by atoms with Gasteiger partial charge in [0.2, 0.25) is 0 Å². The second kappa shape index (κ2) is 6.12. The van der Waals surface area contributed by atoms with Crippen molar-refractivity contribution in [2.24, 2.45) is 0 Å². The standard InChI is InChI=1S/C3H4N2.ClH.Rh/c1-2-5-3-4-1;;/h1-3H,(H,4,5);1H;. The second-order valence-corrected chi connectivity index (χ2v) is 0.761. The molecule has 0 saturated heterocycles. The molecule has 0 aliphatic heterocycles. The summed E-state index contributed by atoms with van der Waals surface area (Å²) in [7, 11) is 0. The summed E-state index contributed by atoms with van der Waals surface area (Å²) in [4.78, 5) is 6.42. The van der Waals surface area contributed by atoms with Crippen molar-refractivity contribution in [3.63, 3.8) is 0 Å². The molecule has 0 fully saturated rings. The van der Waals surface area contributed by atoms with Gasteiger partial charge in [-0.3, -0.25) is 0 Å². The molecule has 1 aromatic rings. The van der Waals surface area contributed by atoms with Gasteiger partial charge in [0.15, 0.2) is 0 Å². The number of imidazole rings is 1. The van der Waals surface area contributed by atoms with Crippen LogP contribution in [0, 0.1) is 0 Å². The van der Waals surface area contributed by atoms with Gasteiger partial charge in [-0.25, -0.2) is 4.98 Å². The van der Waals surface area contributed by atoms with Crippen LogP contribution in [0.1, 0.15) is 0 Å². The van der Waals surface area contributed by atoms with E-state index in [4.69, 9.17) is 0 Å². The third kappa shape index (κ3) is 3.97.